The van der Waals surface area contributed by atoms with Crippen molar-refractivity contribution in [3.8, 4) is 0 Å². The lowest BCUT2D eigenvalue weighted by Gasteiger charge is -2.22. The van der Waals surface area contributed by atoms with Gasteiger partial charge in [-0.25, -0.2) is 4.98 Å². The highest BCUT2D eigenvalue weighted by Gasteiger charge is 2.20. The number of pyridine rings is 1. The third-order valence-electron chi connectivity index (χ3n) is 2.85. The van der Waals surface area contributed by atoms with Gasteiger partial charge >= 0.3 is 0 Å². The second-order valence-corrected chi connectivity index (χ2v) is 6.50. The van der Waals surface area contributed by atoms with Crippen molar-refractivity contribution in [1.29, 1.82) is 0 Å². The van der Waals surface area contributed by atoms with Gasteiger partial charge in [0.05, 0.1) is 0 Å². The van der Waals surface area contributed by atoms with Crippen LogP contribution in [0.15, 0.2) is 12.1 Å². The van der Waals surface area contributed by atoms with Crippen molar-refractivity contribution in [3.63, 3.8) is 0 Å². The highest BCUT2D eigenvalue weighted by atomic mass is 16.2. The Morgan fingerprint density at radius 1 is 1.37 bits per heavy atom. The summed E-state index contributed by atoms with van der Waals surface area (Å²) in [7, 11) is 1.82. The fourth-order valence-electron chi connectivity index (χ4n) is 1.91. The molecule has 0 saturated heterocycles. The number of anilines is 1. The predicted molar refractivity (Wildman–Crippen MR) is 79.1 cm³/mol. The normalized spacial score (nSPS) is 11.7. The minimum Gasteiger partial charge on any atom is -0.384 e. The summed E-state index contributed by atoms with van der Waals surface area (Å²) < 4.78 is 0. The van der Waals surface area contributed by atoms with Gasteiger partial charge in [0.2, 0.25) is 0 Å². The summed E-state index contributed by atoms with van der Waals surface area (Å²) >= 11 is 0. The molecule has 1 aromatic heterocycles. The molecular weight excluding hydrogens is 238 g/mol. The van der Waals surface area contributed by atoms with Gasteiger partial charge in [-0.05, 0) is 18.1 Å². The average Bonchev–Trinajstić information content (AvgIpc) is 2.25. The van der Waals surface area contributed by atoms with Crippen LogP contribution >= 0.6 is 0 Å². The third-order valence-corrected chi connectivity index (χ3v) is 2.85. The molecule has 1 aromatic rings. The number of rotatable bonds is 3. The van der Waals surface area contributed by atoms with Crippen LogP contribution in [0, 0.1) is 5.92 Å². The summed E-state index contributed by atoms with van der Waals surface area (Å²) in [5.41, 5.74) is 7.14. The Hall–Kier alpha value is -1.58. The number of carbonyl (C=O) groups is 1. The van der Waals surface area contributed by atoms with E-state index in [0.717, 1.165) is 12.2 Å². The van der Waals surface area contributed by atoms with Crippen LogP contribution in [0.1, 0.15) is 50.7 Å². The number of amides is 1. The van der Waals surface area contributed by atoms with Gasteiger partial charge in [-0.15, -0.1) is 0 Å². The van der Waals surface area contributed by atoms with Gasteiger partial charge < -0.3 is 10.6 Å². The smallest absolute Gasteiger partial charge is 0.253 e. The lowest BCUT2D eigenvalue weighted by molar-refractivity contribution is 0.0779. The van der Waals surface area contributed by atoms with Gasteiger partial charge in [0.15, 0.2) is 0 Å². The molecule has 0 aliphatic heterocycles. The van der Waals surface area contributed by atoms with Crippen LogP contribution in [-0.4, -0.2) is 29.4 Å². The predicted octanol–water partition coefficient (Wildman–Crippen LogP) is 2.69. The summed E-state index contributed by atoms with van der Waals surface area (Å²) in [6.45, 7) is 11.1. The maximum Gasteiger partial charge on any atom is 0.253 e. The van der Waals surface area contributed by atoms with E-state index in [1.807, 2.05) is 13.1 Å². The molecule has 0 unspecified atom stereocenters. The minimum atomic E-state index is -0.124. The number of carbonyl (C=O) groups excluding carboxylic acids is 1. The number of aromatic nitrogens is 1. The minimum absolute atomic E-state index is 0.00620. The van der Waals surface area contributed by atoms with Crippen LogP contribution in [0.2, 0.25) is 0 Å². The van der Waals surface area contributed by atoms with Gasteiger partial charge in [0.25, 0.3) is 5.91 Å². The van der Waals surface area contributed by atoms with Crippen molar-refractivity contribution in [1.82, 2.24) is 9.88 Å². The number of nitrogens with zero attached hydrogens (tertiary/aromatic N) is 2. The van der Waals surface area contributed by atoms with E-state index in [1.54, 1.807) is 11.0 Å². The summed E-state index contributed by atoms with van der Waals surface area (Å²) in [6.07, 6.45) is 0. The fourth-order valence-corrected chi connectivity index (χ4v) is 1.91. The van der Waals surface area contributed by atoms with Crippen LogP contribution in [0.25, 0.3) is 0 Å². The Labute approximate surface area is 116 Å². The molecule has 0 aromatic carbocycles. The molecule has 2 N–H and O–H groups in total. The van der Waals surface area contributed by atoms with Crippen LogP contribution in [0.3, 0.4) is 0 Å². The summed E-state index contributed by atoms with van der Waals surface area (Å²) in [5.74, 6) is 0.831. The topological polar surface area (TPSA) is 59.2 Å². The van der Waals surface area contributed by atoms with Crippen LogP contribution in [0.4, 0.5) is 5.82 Å². The van der Waals surface area contributed by atoms with Gasteiger partial charge in [-0.3, -0.25) is 4.79 Å². The van der Waals surface area contributed by atoms with Crippen molar-refractivity contribution < 1.29 is 4.79 Å². The van der Waals surface area contributed by atoms with E-state index in [1.165, 1.54) is 0 Å². The molecule has 106 valence electrons. The Morgan fingerprint density at radius 3 is 2.42 bits per heavy atom. The van der Waals surface area contributed by atoms with E-state index in [-0.39, 0.29) is 11.3 Å². The van der Waals surface area contributed by atoms with Gasteiger partial charge in [0, 0.05) is 30.3 Å². The molecule has 0 spiro atoms. The summed E-state index contributed by atoms with van der Waals surface area (Å²) in [6, 6.07) is 3.49. The van der Waals surface area contributed by atoms with E-state index in [9.17, 15) is 4.79 Å². The lowest BCUT2D eigenvalue weighted by Crippen LogP contribution is -2.30. The molecule has 0 bridgehead atoms. The summed E-state index contributed by atoms with van der Waals surface area (Å²) in [5, 5.41) is 0. The first-order valence-corrected chi connectivity index (χ1v) is 6.64. The van der Waals surface area contributed by atoms with Gasteiger partial charge in [0.1, 0.15) is 5.82 Å². The van der Waals surface area contributed by atoms with Crippen molar-refractivity contribution >= 4 is 11.7 Å². The van der Waals surface area contributed by atoms with Crippen LogP contribution in [0.5, 0.6) is 0 Å². The monoisotopic (exact) mass is 263 g/mol. The molecular formula is C15H25N3O. The van der Waals surface area contributed by atoms with Crippen molar-refractivity contribution in [2.45, 2.75) is 40.0 Å². The van der Waals surface area contributed by atoms with Crippen molar-refractivity contribution in [3.05, 3.63) is 23.4 Å². The molecule has 0 radical (unpaired) electrons. The highest BCUT2D eigenvalue weighted by molar-refractivity contribution is 5.94. The molecule has 4 heteroatoms. The van der Waals surface area contributed by atoms with Crippen LogP contribution in [-0.2, 0) is 5.41 Å². The molecule has 0 aliphatic rings. The number of nitrogen functional groups attached to an aromatic ring is 1. The molecule has 1 rings (SSSR count). The first-order valence-electron chi connectivity index (χ1n) is 6.64. The SMILES string of the molecule is CC(C)CN(C)C(=O)c1cc(N)nc(C(C)(C)C)c1. The first kappa shape index (κ1) is 15.5. The first-order chi connectivity index (χ1) is 8.61. The van der Waals surface area contributed by atoms with Crippen LogP contribution < -0.4 is 5.73 Å². The fraction of sp³-hybridized carbons (Fsp3) is 0.600. The highest BCUT2D eigenvalue weighted by Crippen LogP contribution is 2.23. The van der Waals surface area contributed by atoms with E-state index >= 15 is 0 Å². The van der Waals surface area contributed by atoms with Gasteiger partial charge in [-0.1, -0.05) is 34.6 Å². The lowest BCUT2D eigenvalue weighted by atomic mass is 9.90. The maximum atomic E-state index is 12.4. The van der Waals surface area contributed by atoms with Crippen molar-refractivity contribution in [2.24, 2.45) is 5.92 Å². The van der Waals surface area contributed by atoms with E-state index in [4.69, 9.17) is 5.73 Å². The zero-order valence-electron chi connectivity index (χ0n) is 12.8. The van der Waals surface area contributed by atoms with E-state index in [0.29, 0.717) is 17.3 Å². The Balaban J connectivity index is 3.07. The number of hydrogen-bond donors (Lipinski definition) is 1. The molecule has 1 amide bonds. The molecule has 19 heavy (non-hydrogen) atoms. The second-order valence-electron chi connectivity index (χ2n) is 6.50. The maximum absolute atomic E-state index is 12.4. The van der Waals surface area contributed by atoms with E-state index < -0.39 is 0 Å². The van der Waals surface area contributed by atoms with Gasteiger partial charge in [-0.2, -0.15) is 0 Å². The standard InChI is InChI=1S/C15H25N3O/c1-10(2)9-18(6)14(19)11-7-12(15(3,4)5)17-13(16)8-11/h7-8,10H,9H2,1-6H3,(H2,16,17). The Bertz CT molecular complexity index is 461. The van der Waals surface area contributed by atoms with Crippen molar-refractivity contribution in [2.75, 3.05) is 19.3 Å². The third kappa shape index (κ3) is 4.23. The Kier molecular flexibility index (Phi) is 4.56. The molecule has 0 atom stereocenters. The molecule has 0 saturated carbocycles. The largest absolute Gasteiger partial charge is 0.384 e. The summed E-state index contributed by atoms with van der Waals surface area (Å²) in [4.78, 5) is 18.4. The zero-order chi connectivity index (χ0) is 14.8. The number of nitrogens with two attached hydrogens (primary N) is 1. The Morgan fingerprint density at radius 2 is 1.95 bits per heavy atom. The quantitative estimate of drug-likeness (QED) is 0.912. The number of hydrogen-bond acceptors (Lipinski definition) is 3. The molecule has 4 nitrogen and oxygen atoms in total. The molecule has 1 heterocycles. The molecule has 0 aliphatic carbocycles. The molecule has 0 fully saturated rings. The average molecular weight is 263 g/mol. The zero-order valence-corrected chi connectivity index (χ0v) is 12.8. The second kappa shape index (κ2) is 5.59. The van der Waals surface area contributed by atoms with E-state index in [2.05, 4.69) is 39.6 Å².